The Labute approximate surface area is 215 Å². The summed E-state index contributed by atoms with van der Waals surface area (Å²) in [6.45, 7) is 6.07. The van der Waals surface area contributed by atoms with Gasteiger partial charge in [-0.2, -0.15) is 0 Å². The summed E-state index contributed by atoms with van der Waals surface area (Å²) in [6.07, 6.45) is 3.02. The van der Waals surface area contributed by atoms with Gasteiger partial charge in [-0.25, -0.2) is 15.0 Å². The highest BCUT2D eigenvalue weighted by molar-refractivity contribution is 7.16. The molecule has 0 atom stereocenters. The summed E-state index contributed by atoms with van der Waals surface area (Å²) in [5.41, 5.74) is 3.72. The molecule has 1 aliphatic heterocycles. The van der Waals surface area contributed by atoms with Crippen LogP contribution in [-0.2, 0) is 13.1 Å². The standard InChI is InChI=1S/C24H21ClN6O4S/c1-11-5-14(15-6-20(25)27-8-18(15)34-4)16(7-26-11)21(32)30-24-29-17-9-31(10-19(17)36-24)23(33)22-28-12(2)13(3)35-22/h5-8H,9-10H2,1-4H3,(H,29,30,32). The van der Waals surface area contributed by atoms with E-state index in [-0.39, 0.29) is 22.9 Å². The normalized spacial score (nSPS) is 12.5. The number of ether oxygens (including phenoxy) is 1. The summed E-state index contributed by atoms with van der Waals surface area (Å²) in [5.74, 6) is 0.501. The first-order chi connectivity index (χ1) is 17.2. The van der Waals surface area contributed by atoms with Gasteiger partial charge >= 0.3 is 5.91 Å². The Morgan fingerprint density at radius 3 is 2.61 bits per heavy atom. The molecule has 2 amide bonds. The van der Waals surface area contributed by atoms with Gasteiger partial charge in [-0.15, -0.1) is 0 Å². The lowest BCUT2D eigenvalue weighted by atomic mass is 10.0. The zero-order valence-corrected chi connectivity index (χ0v) is 21.5. The van der Waals surface area contributed by atoms with Crippen LogP contribution in [0.4, 0.5) is 5.13 Å². The molecule has 10 nitrogen and oxygen atoms in total. The lowest BCUT2D eigenvalue weighted by molar-refractivity contribution is 0.0709. The van der Waals surface area contributed by atoms with Crippen LogP contribution in [-0.4, -0.2) is 43.8 Å². The second-order valence-electron chi connectivity index (χ2n) is 8.24. The van der Waals surface area contributed by atoms with Gasteiger partial charge in [0.05, 0.1) is 48.2 Å². The molecule has 1 aliphatic rings. The van der Waals surface area contributed by atoms with Crippen molar-refractivity contribution >= 4 is 39.9 Å². The minimum Gasteiger partial charge on any atom is -0.494 e. The first kappa shape index (κ1) is 23.9. The third kappa shape index (κ3) is 4.42. The maximum absolute atomic E-state index is 13.3. The van der Waals surface area contributed by atoms with Crippen molar-refractivity contribution in [3.63, 3.8) is 0 Å². The summed E-state index contributed by atoms with van der Waals surface area (Å²) in [7, 11) is 1.53. The van der Waals surface area contributed by atoms with Crippen molar-refractivity contribution in [1.29, 1.82) is 0 Å². The smallest absolute Gasteiger partial charge is 0.310 e. The third-order valence-corrected chi connectivity index (χ3v) is 7.01. The molecule has 0 fully saturated rings. The van der Waals surface area contributed by atoms with Crippen LogP contribution in [0.5, 0.6) is 5.75 Å². The number of aromatic nitrogens is 4. The Morgan fingerprint density at radius 1 is 1.11 bits per heavy atom. The summed E-state index contributed by atoms with van der Waals surface area (Å²) >= 11 is 7.44. The zero-order chi connectivity index (χ0) is 25.6. The van der Waals surface area contributed by atoms with E-state index >= 15 is 0 Å². The van der Waals surface area contributed by atoms with Gasteiger partial charge in [0.15, 0.2) is 5.13 Å². The van der Waals surface area contributed by atoms with Gasteiger partial charge in [0.1, 0.15) is 16.7 Å². The van der Waals surface area contributed by atoms with E-state index in [1.54, 1.807) is 30.9 Å². The average molecular weight is 525 g/mol. The maximum Gasteiger partial charge on any atom is 0.310 e. The number of methoxy groups -OCH3 is 1. The second-order valence-corrected chi connectivity index (χ2v) is 9.71. The lowest BCUT2D eigenvalue weighted by Crippen LogP contribution is -2.26. The molecular weight excluding hydrogens is 504 g/mol. The Bertz CT molecular complexity index is 1470. The van der Waals surface area contributed by atoms with E-state index < -0.39 is 0 Å². The van der Waals surface area contributed by atoms with E-state index in [1.807, 2.05) is 6.92 Å². The minimum atomic E-state index is -0.376. The van der Waals surface area contributed by atoms with Crippen LogP contribution >= 0.6 is 22.9 Å². The minimum absolute atomic E-state index is 0.0692. The highest BCUT2D eigenvalue weighted by Crippen LogP contribution is 2.35. The molecule has 4 aromatic rings. The summed E-state index contributed by atoms with van der Waals surface area (Å²) in [6, 6.07) is 3.44. The molecule has 0 bridgehead atoms. The van der Waals surface area contributed by atoms with Gasteiger partial charge in [-0.3, -0.25) is 19.9 Å². The number of fused-ring (bicyclic) bond motifs is 1. The molecule has 0 radical (unpaired) electrons. The number of carbonyl (C=O) groups is 2. The number of anilines is 1. The van der Waals surface area contributed by atoms with Crippen molar-refractivity contribution in [2.75, 3.05) is 12.4 Å². The van der Waals surface area contributed by atoms with Crippen LogP contribution in [0.25, 0.3) is 11.1 Å². The number of carbonyl (C=O) groups excluding carboxylic acids is 2. The number of oxazole rings is 1. The molecule has 0 spiro atoms. The summed E-state index contributed by atoms with van der Waals surface area (Å²) in [5, 5.41) is 3.57. The molecule has 5 heterocycles. The predicted octanol–water partition coefficient (Wildman–Crippen LogP) is 4.58. The molecule has 0 unspecified atom stereocenters. The molecular formula is C24H21ClN6O4S. The number of aryl methyl sites for hydroxylation is 3. The van der Waals surface area contributed by atoms with Crippen molar-refractivity contribution < 1.29 is 18.7 Å². The Morgan fingerprint density at radius 2 is 1.92 bits per heavy atom. The number of hydrogen-bond donors (Lipinski definition) is 1. The fraction of sp³-hybridized carbons (Fsp3) is 0.250. The molecule has 5 rings (SSSR count). The number of halogens is 1. The molecule has 4 aromatic heterocycles. The largest absolute Gasteiger partial charge is 0.494 e. The molecule has 36 heavy (non-hydrogen) atoms. The van der Waals surface area contributed by atoms with Crippen LogP contribution in [0.2, 0.25) is 5.15 Å². The molecule has 184 valence electrons. The van der Waals surface area contributed by atoms with Gasteiger partial charge in [0.25, 0.3) is 11.8 Å². The van der Waals surface area contributed by atoms with Crippen LogP contribution < -0.4 is 10.1 Å². The van der Waals surface area contributed by atoms with Gasteiger partial charge in [0, 0.05) is 23.0 Å². The quantitative estimate of drug-likeness (QED) is 0.376. The van der Waals surface area contributed by atoms with E-state index in [2.05, 4.69) is 25.3 Å². The highest BCUT2D eigenvalue weighted by Gasteiger charge is 2.31. The number of nitrogens with zero attached hydrogens (tertiary/aromatic N) is 5. The van der Waals surface area contributed by atoms with E-state index in [9.17, 15) is 9.59 Å². The topological polar surface area (TPSA) is 123 Å². The molecule has 0 saturated heterocycles. The van der Waals surface area contributed by atoms with Gasteiger partial charge < -0.3 is 14.1 Å². The Kier molecular flexibility index (Phi) is 6.19. The van der Waals surface area contributed by atoms with E-state index in [0.717, 1.165) is 16.3 Å². The van der Waals surface area contributed by atoms with Crippen molar-refractivity contribution in [1.82, 2.24) is 24.8 Å². The number of amides is 2. The molecule has 0 aliphatic carbocycles. The number of rotatable bonds is 5. The first-order valence-corrected chi connectivity index (χ1v) is 12.1. The van der Waals surface area contributed by atoms with Gasteiger partial charge in [0.2, 0.25) is 0 Å². The number of hydrogen-bond acceptors (Lipinski definition) is 9. The summed E-state index contributed by atoms with van der Waals surface area (Å²) < 4.78 is 10.9. The van der Waals surface area contributed by atoms with Crippen LogP contribution in [0.1, 0.15) is 48.8 Å². The third-order valence-electron chi connectivity index (χ3n) is 5.80. The molecule has 12 heteroatoms. The Hall–Kier alpha value is -3.83. The Balaban J connectivity index is 1.36. The van der Waals surface area contributed by atoms with E-state index in [0.29, 0.717) is 52.1 Å². The highest BCUT2D eigenvalue weighted by atomic mass is 35.5. The van der Waals surface area contributed by atoms with Crippen molar-refractivity contribution in [3.8, 4) is 16.9 Å². The number of pyridine rings is 2. The monoisotopic (exact) mass is 524 g/mol. The lowest BCUT2D eigenvalue weighted by Gasteiger charge is -2.14. The average Bonchev–Trinajstić information content (AvgIpc) is 3.51. The van der Waals surface area contributed by atoms with E-state index in [1.165, 1.54) is 30.8 Å². The molecule has 0 saturated carbocycles. The van der Waals surface area contributed by atoms with Crippen molar-refractivity contribution in [3.05, 3.63) is 68.9 Å². The van der Waals surface area contributed by atoms with Gasteiger partial charge in [-0.1, -0.05) is 22.9 Å². The van der Waals surface area contributed by atoms with E-state index in [4.69, 9.17) is 20.8 Å². The predicted molar refractivity (Wildman–Crippen MR) is 133 cm³/mol. The second kappa shape index (κ2) is 9.32. The molecule has 0 aromatic carbocycles. The zero-order valence-electron chi connectivity index (χ0n) is 19.9. The van der Waals surface area contributed by atoms with Crippen molar-refractivity contribution in [2.24, 2.45) is 0 Å². The first-order valence-electron chi connectivity index (χ1n) is 10.9. The SMILES string of the molecule is COc1cnc(Cl)cc1-c1cc(C)ncc1C(=O)Nc1nc2c(s1)CN(C(=O)c1nc(C)c(C)o1)C2. The summed E-state index contributed by atoms with van der Waals surface area (Å²) in [4.78, 5) is 45.6. The molecule has 1 N–H and O–H groups in total. The van der Waals surface area contributed by atoms with Crippen LogP contribution in [0, 0.1) is 20.8 Å². The maximum atomic E-state index is 13.3. The van der Waals surface area contributed by atoms with Crippen LogP contribution in [0.3, 0.4) is 0 Å². The fourth-order valence-electron chi connectivity index (χ4n) is 3.86. The number of thiazole rings is 1. The van der Waals surface area contributed by atoms with Gasteiger partial charge in [-0.05, 0) is 32.9 Å². The fourth-order valence-corrected chi connectivity index (χ4v) is 4.99. The van der Waals surface area contributed by atoms with Crippen molar-refractivity contribution in [2.45, 2.75) is 33.9 Å². The van der Waals surface area contributed by atoms with Crippen LogP contribution in [0.15, 0.2) is 28.9 Å². The number of nitrogens with one attached hydrogen (secondary N) is 1.